The zero-order chi connectivity index (χ0) is 16.5. The molecule has 0 fully saturated rings. The number of aryl methyl sites for hydroxylation is 1. The van der Waals surface area contributed by atoms with E-state index in [-0.39, 0.29) is 6.54 Å². The number of ether oxygens (including phenoxy) is 1. The highest BCUT2D eigenvalue weighted by Crippen LogP contribution is 2.32. The van der Waals surface area contributed by atoms with Gasteiger partial charge in [-0.25, -0.2) is 13.1 Å². The van der Waals surface area contributed by atoms with E-state index in [4.69, 9.17) is 4.74 Å². The first kappa shape index (κ1) is 16.6. The van der Waals surface area contributed by atoms with Crippen molar-refractivity contribution in [3.63, 3.8) is 0 Å². The summed E-state index contributed by atoms with van der Waals surface area (Å²) in [4.78, 5) is 1.07. The molecule has 0 amide bonds. The zero-order valence-corrected chi connectivity index (χ0v) is 15.0. The monoisotopic (exact) mass is 351 g/mol. The van der Waals surface area contributed by atoms with Crippen molar-refractivity contribution >= 4 is 21.4 Å². The number of benzene rings is 1. The normalized spacial score (nSPS) is 16.4. The van der Waals surface area contributed by atoms with Crippen molar-refractivity contribution in [3.05, 3.63) is 52.4 Å². The minimum absolute atomic E-state index is 0.278. The van der Waals surface area contributed by atoms with Crippen LogP contribution in [0.4, 0.5) is 0 Å². The molecular formula is C17H21NO3S2. The van der Waals surface area contributed by atoms with Gasteiger partial charge in [-0.05, 0) is 29.7 Å². The Morgan fingerprint density at radius 3 is 2.35 bits per heavy atom. The first-order valence-electron chi connectivity index (χ1n) is 7.68. The highest BCUT2D eigenvalue weighted by atomic mass is 32.2. The van der Waals surface area contributed by atoms with Crippen molar-refractivity contribution in [2.45, 2.75) is 36.0 Å². The number of hydrogen-bond acceptors (Lipinski definition) is 4. The van der Waals surface area contributed by atoms with Gasteiger partial charge in [0.15, 0.2) is 0 Å². The lowest BCUT2D eigenvalue weighted by Crippen LogP contribution is -2.45. The largest absolute Gasteiger partial charge is 0.376 e. The Bertz CT molecular complexity index is 771. The molecule has 0 atom stereocenters. The Morgan fingerprint density at radius 1 is 1.17 bits per heavy atom. The van der Waals surface area contributed by atoms with Crippen molar-refractivity contribution < 1.29 is 13.2 Å². The second-order valence-corrected chi connectivity index (χ2v) is 9.07. The highest BCUT2D eigenvalue weighted by Gasteiger charge is 2.38. The van der Waals surface area contributed by atoms with E-state index in [1.54, 1.807) is 13.2 Å². The van der Waals surface area contributed by atoms with Gasteiger partial charge in [-0.15, -0.1) is 11.3 Å². The lowest BCUT2D eigenvalue weighted by atomic mass is 10.0. The molecule has 0 spiro atoms. The van der Waals surface area contributed by atoms with Gasteiger partial charge >= 0.3 is 0 Å². The van der Waals surface area contributed by atoms with Crippen molar-refractivity contribution in [2.24, 2.45) is 0 Å². The zero-order valence-electron chi connectivity index (χ0n) is 13.3. The van der Waals surface area contributed by atoms with Crippen LogP contribution in [0.2, 0.25) is 0 Å². The van der Waals surface area contributed by atoms with E-state index < -0.39 is 15.6 Å². The Kier molecular flexibility index (Phi) is 4.60. The summed E-state index contributed by atoms with van der Waals surface area (Å²) in [5.74, 6) is 0. The lowest BCUT2D eigenvalue weighted by molar-refractivity contribution is 0.00379. The fourth-order valence-electron chi connectivity index (χ4n) is 2.99. The molecule has 0 saturated heterocycles. The van der Waals surface area contributed by atoms with Gasteiger partial charge in [-0.3, -0.25) is 0 Å². The topological polar surface area (TPSA) is 55.4 Å². The summed E-state index contributed by atoms with van der Waals surface area (Å²) in [7, 11) is -1.83. The molecular weight excluding hydrogens is 330 g/mol. The quantitative estimate of drug-likeness (QED) is 0.871. The van der Waals surface area contributed by atoms with Crippen LogP contribution in [-0.2, 0) is 34.0 Å². The van der Waals surface area contributed by atoms with Crippen molar-refractivity contribution in [1.29, 1.82) is 0 Å². The van der Waals surface area contributed by atoms with Crippen LogP contribution in [0.25, 0.3) is 0 Å². The number of methoxy groups -OCH3 is 1. The molecule has 1 aromatic carbocycles. The van der Waals surface area contributed by atoms with E-state index in [1.807, 2.05) is 25.1 Å². The maximum atomic E-state index is 12.5. The molecule has 23 heavy (non-hydrogen) atoms. The van der Waals surface area contributed by atoms with E-state index in [2.05, 4.69) is 16.9 Å². The van der Waals surface area contributed by atoms with Gasteiger partial charge in [-0.2, -0.15) is 0 Å². The van der Waals surface area contributed by atoms with E-state index >= 15 is 0 Å². The van der Waals surface area contributed by atoms with Crippen molar-refractivity contribution in [3.8, 4) is 0 Å². The van der Waals surface area contributed by atoms with Crippen LogP contribution in [0.5, 0.6) is 0 Å². The summed E-state index contributed by atoms with van der Waals surface area (Å²) in [6.07, 6.45) is 2.30. The fourth-order valence-corrected chi connectivity index (χ4v) is 5.45. The first-order chi connectivity index (χ1) is 11.0. The van der Waals surface area contributed by atoms with Gasteiger partial charge < -0.3 is 4.74 Å². The molecule has 0 unspecified atom stereocenters. The van der Waals surface area contributed by atoms with Crippen LogP contribution >= 0.6 is 11.3 Å². The molecule has 4 nitrogen and oxygen atoms in total. The van der Waals surface area contributed by atoms with E-state index in [9.17, 15) is 8.42 Å². The van der Waals surface area contributed by atoms with Crippen LogP contribution < -0.4 is 4.72 Å². The number of hydrogen-bond donors (Lipinski definition) is 1. The molecule has 3 rings (SSSR count). The molecule has 1 aromatic heterocycles. The summed E-state index contributed by atoms with van der Waals surface area (Å²) in [5, 5.41) is 0. The van der Waals surface area contributed by atoms with Gasteiger partial charge in [0.25, 0.3) is 0 Å². The Labute approximate surface area is 141 Å². The molecule has 0 bridgehead atoms. The maximum absolute atomic E-state index is 12.5. The smallest absolute Gasteiger partial charge is 0.250 e. The van der Waals surface area contributed by atoms with Gasteiger partial charge in [-0.1, -0.05) is 31.2 Å². The molecule has 0 radical (unpaired) electrons. The highest BCUT2D eigenvalue weighted by molar-refractivity contribution is 7.91. The molecule has 0 aliphatic heterocycles. The number of nitrogens with one attached hydrogen (secondary N) is 1. The van der Waals surface area contributed by atoms with Gasteiger partial charge in [0.05, 0.1) is 5.60 Å². The number of sulfonamides is 1. The predicted molar refractivity (Wildman–Crippen MR) is 92.5 cm³/mol. The summed E-state index contributed by atoms with van der Waals surface area (Å²) < 4.78 is 33.8. The number of thiophene rings is 1. The van der Waals surface area contributed by atoms with Crippen LogP contribution in [0.1, 0.15) is 22.9 Å². The molecule has 0 saturated carbocycles. The lowest BCUT2D eigenvalue weighted by Gasteiger charge is -2.27. The minimum Gasteiger partial charge on any atom is -0.376 e. The molecule has 6 heteroatoms. The predicted octanol–water partition coefficient (Wildman–Crippen LogP) is 2.77. The summed E-state index contributed by atoms with van der Waals surface area (Å²) in [5.41, 5.74) is 1.97. The van der Waals surface area contributed by atoms with Crippen molar-refractivity contribution in [1.82, 2.24) is 4.72 Å². The van der Waals surface area contributed by atoms with Gasteiger partial charge in [0.1, 0.15) is 4.21 Å². The molecule has 1 aliphatic carbocycles. The summed E-state index contributed by atoms with van der Waals surface area (Å²) in [6, 6.07) is 11.7. The standard InChI is InChI=1S/C17H21NO3S2/c1-3-15-8-9-16(22-15)23(19,20)18-12-17(21-2)10-13-6-4-5-7-14(13)11-17/h4-9,18H,3,10-12H2,1-2H3. The van der Waals surface area contributed by atoms with E-state index in [1.165, 1.54) is 22.5 Å². The van der Waals surface area contributed by atoms with Crippen molar-refractivity contribution in [2.75, 3.05) is 13.7 Å². The van der Waals surface area contributed by atoms with Crippen LogP contribution in [0.15, 0.2) is 40.6 Å². The second kappa shape index (κ2) is 6.36. The maximum Gasteiger partial charge on any atom is 0.250 e. The summed E-state index contributed by atoms with van der Waals surface area (Å²) >= 11 is 1.32. The Hall–Kier alpha value is -1.21. The molecule has 2 aromatic rings. The fraction of sp³-hybridized carbons (Fsp3) is 0.412. The SMILES string of the molecule is CCc1ccc(S(=O)(=O)NCC2(OC)Cc3ccccc3C2)s1. The molecule has 1 aliphatic rings. The average molecular weight is 351 g/mol. The third-order valence-electron chi connectivity index (χ3n) is 4.41. The van der Waals surface area contributed by atoms with Crippen LogP contribution in [-0.4, -0.2) is 27.7 Å². The Balaban J connectivity index is 1.74. The summed E-state index contributed by atoms with van der Waals surface area (Å²) in [6.45, 7) is 2.30. The second-order valence-electron chi connectivity index (χ2n) is 5.91. The molecule has 1 heterocycles. The van der Waals surface area contributed by atoms with E-state index in [0.29, 0.717) is 4.21 Å². The number of fused-ring (bicyclic) bond motifs is 1. The third kappa shape index (κ3) is 3.35. The van der Waals surface area contributed by atoms with Crippen LogP contribution in [0, 0.1) is 0 Å². The average Bonchev–Trinajstić information content (AvgIpc) is 3.18. The van der Waals surface area contributed by atoms with Crippen LogP contribution in [0.3, 0.4) is 0 Å². The minimum atomic E-state index is -3.48. The molecule has 124 valence electrons. The van der Waals surface area contributed by atoms with Gasteiger partial charge in [0.2, 0.25) is 10.0 Å². The van der Waals surface area contributed by atoms with E-state index in [0.717, 1.165) is 24.1 Å². The van der Waals surface area contributed by atoms with Gasteiger partial charge in [0, 0.05) is 31.4 Å². The first-order valence-corrected chi connectivity index (χ1v) is 9.98. The molecule has 1 N–H and O–H groups in total. The third-order valence-corrected chi connectivity index (χ3v) is 7.53. The number of rotatable bonds is 6. The Morgan fingerprint density at radius 2 is 1.83 bits per heavy atom.